The summed E-state index contributed by atoms with van der Waals surface area (Å²) in [6.07, 6.45) is 9.86. The third-order valence-corrected chi connectivity index (χ3v) is 5.38. The van der Waals surface area contributed by atoms with Crippen molar-refractivity contribution in [3.05, 3.63) is 100 Å². The number of nitrogens with one attached hydrogen (secondary N) is 2. The Morgan fingerprint density at radius 3 is 1.58 bits per heavy atom. The molecule has 9 nitrogen and oxygen atoms in total. The Morgan fingerprint density at radius 2 is 1.16 bits per heavy atom. The van der Waals surface area contributed by atoms with E-state index in [1.807, 2.05) is 60.7 Å². The van der Waals surface area contributed by atoms with Crippen molar-refractivity contribution < 1.29 is 19.1 Å². The Morgan fingerprint density at radius 1 is 0.737 bits per heavy atom. The van der Waals surface area contributed by atoms with Gasteiger partial charge in [-0.1, -0.05) is 36.4 Å². The van der Waals surface area contributed by atoms with Gasteiger partial charge in [-0.25, -0.2) is 10.9 Å². The summed E-state index contributed by atoms with van der Waals surface area (Å²) in [5, 5.41) is 7.89. The first kappa shape index (κ1) is 27.5. The molecule has 2 aromatic carbocycles. The number of amides is 2. The minimum atomic E-state index is -0.491. The molecule has 0 aliphatic carbocycles. The number of ether oxygens (including phenoxy) is 2. The highest BCUT2D eigenvalue weighted by molar-refractivity contribution is 6.01. The molecular formula is C29H29N5O4. The molecule has 3 aromatic rings. The molecule has 194 valence electrons. The van der Waals surface area contributed by atoms with Crippen LogP contribution in [0.25, 0.3) is 12.2 Å². The highest BCUT2D eigenvalue weighted by atomic mass is 16.5. The SMILES string of the molecule is COc1ccccc1/C=C/C=N\NC(=O)c1cc(C(=O)N/N=C\C=C\c2ccccc2OC)c(C)nc1C. The first-order valence-electron chi connectivity index (χ1n) is 11.7. The number of aromatic nitrogens is 1. The lowest BCUT2D eigenvalue weighted by Crippen LogP contribution is -2.23. The molecule has 1 aromatic heterocycles. The van der Waals surface area contributed by atoms with Gasteiger partial charge >= 0.3 is 0 Å². The van der Waals surface area contributed by atoms with E-state index >= 15 is 0 Å². The van der Waals surface area contributed by atoms with Gasteiger partial charge in [0.15, 0.2) is 0 Å². The maximum atomic E-state index is 12.7. The number of benzene rings is 2. The number of nitrogens with zero attached hydrogens (tertiary/aromatic N) is 3. The molecule has 1 heterocycles. The van der Waals surface area contributed by atoms with Crippen LogP contribution >= 0.6 is 0 Å². The molecule has 2 N–H and O–H groups in total. The number of aryl methyl sites for hydroxylation is 2. The number of carbonyl (C=O) groups is 2. The normalized spacial score (nSPS) is 11.5. The molecule has 0 bridgehead atoms. The standard InChI is InChI=1S/C29H29N5O4/c1-20-24(28(35)33-30-17-9-13-22-11-5-7-15-26(22)37-3)19-25(21(2)32-20)29(36)34-31-18-10-14-23-12-6-8-16-27(23)38-4/h5-19H,1-4H3,(H,33,35)(H,34,36)/b13-9+,14-10+,30-17-,31-18-. The van der Waals surface area contributed by atoms with E-state index in [1.54, 1.807) is 40.2 Å². The Labute approximate surface area is 221 Å². The van der Waals surface area contributed by atoms with Gasteiger partial charge in [0.05, 0.1) is 36.7 Å². The molecular weight excluding hydrogens is 482 g/mol. The Kier molecular flexibility index (Phi) is 10.1. The zero-order valence-electron chi connectivity index (χ0n) is 21.6. The van der Waals surface area contributed by atoms with E-state index in [1.165, 1.54) is 18.5 Å². The number of carbonyl (C=O) groups excluding carboxylic acids is 2. The van der Waals surface area contributed by atoms with Crippen molar-refractivity contribution in [2.24, 2.45) is 10.2 Å². The lowest BCUT2D eigenvalue weighted by atomic mass is 10.1. The highest BCUT2D eigenvalue weighted by Crippen LogP contribution is 2.19. The summed E-state index contributed by atoms with van der Waals surface area (Å²) in [4.78, 5) is 29.7. The second-order valence-electron chi connectivity index (χ2n) is 7.89. The van der Waals surface area contributed by atoms with Gasteiger partial charge in [0.2, 0.25) is 0 Å². The summed E-state index contributed by atoms with van der Waals surface area (Å²) in [5.74, 6) is 0.471. The van der Waals surface area contributed by atoms with E-state index in [0.29, 0.717) is 11.4 Å². The van der Waals surface area contributed by atoms with Crippen molar-refractivity contribution in [2.45, 2.75) is 13.8 Å². The van der Waals surface area contributed by atoms with E-state index in [0.717, 1.165) is 22.6 Å². The number of para-hydroxylation sites is 2. The van der Waals surface area contributed by atoms with Crippen molar-refractivity contribution >= 4 is 36.4 Å². The van der Waals surface area contributed by atoms with Gasteiger partial charge in [-0.3, -0.25) is 14.6 Å². The van der Waals surface area contributed by atoms with Crippen LogP contribution in [0.2, 0.25) is 0 Å². The van der Waals surface area contributed by atoms with Gasteiger partial charge in [-0.05, 0) is 56.4 Å². The molecule has 0 saturated carbocycles. The van der Waals surface area contributed by atoms with Gasteiger partial charge in [0.1, 0.15) is 11.5 Å². The predicted molar refractivity (Wildman–Crippen MR) is 150 cm³/mol. The van der Waals surface area contributed by atoms with E-state index in [4.69, 9.17) is 9.47 Å². The summed E-state index contributed by atoms with van der Waals surface area (Å²) >= 11 is 0. The molecule has 38 heavy (non-hydrogen) atoms. The van der Waals surface area contributed by atoms with Crippen molar-refractivity contribution in [1.82, 2.24) is 15.8 Å². The van der Waals surface area contributed by atoms with Crippen LogP contribution in [-0.4, -0.2) is 43.4 Å². The van der Waals surface area contributed by atoms with Gasteiger partial charge in [-0.2, -0.15) is 10.2 Å². The summed E-state index contributed by atoms with van der Waals surface area (Å²) in [7, 11) is 3.20. The number of hydrogen-bond acceptors (Lipinski definition) is 7. The lowest BCUT2D eigenvalue weighted by Gasteiger charge is -2.09. The van der Waals surface area contributed by atoms with Gasteiger partial charge in [-0.15, -0.1) is 0 Å². The minimum Gasteiger partial charge on any atom is -0.496 e. The van der Waals surface area contributed by atoms with Crippen molar-refractivity contribution in [3.63, 3.8) is 0 Å². The van der Waals surface area contributed by atoms with Crippen LogP contribution in [0.5, 0.6) is 11.5 Å². The lowest BCUT2D eigenvalue weighted by molar-refractivity contribution is 0.0954. The van der Waals surface area contributed by atoms with Crippen LogP contribution in [0.4, 0.5) is 0 Å². The molecule has 3 rings (SSSR count). The average Bonchev–Trinajstić information content (AvgIpc) is 2.92. The number of hydrogen-bond donors (Lipinski definition) is 2. The fourth-order valence-corrected chi connectivity index (χ4v) is 3.48. The molecule has 0 radical (unpaired) electrons. The molecule has 0 aliphatic heterocycles. The topological polar surface area (TPSA) is 114 Å². The van der Waals surface area contributed by atoms with E-state index in [2.05, 4.69) is 26.0 Å². The van der Waals surface area contributed by atoms with Crippen molar-refractivity contribution in [3.8, 4) is 11.5 Å². The summed E-state index contributed by atoms with van der Waals surface area (Å²) in [6, 6.07) is 16.5. The molecule has 9 heteroatoms. The second-order valence-corrected chi connectivity index (χ2v) is 7.89. The Hall–Kier alpha value is -5.05. The highest BCUT2D eigenvalue weighted by Gasteiger charge is 2.17. The number of allylic oxidation sites excluding steroid dienone is 2. The molecule has 0 atom stereocenters. The number of rotatable bonds is 10. The van der Waals surface area contributed by atoms with Crippen molar-refractivity contribution in [2.75, 3.05) is 14.2 Å². The van der Waals surface area contributed by atoms with Gasteiger partial charge in [0.25, 0.3) is 11.8 Å². The first-order chi connectivity index (χ1) is 18.4. The molecule has 0 fully saturated rings. The predicted octanol–water partition coefficient (Wildman–Crippen LogP) is 4.57. The fraction of sp³-hybridized carbons (Fsp3) is 0.138. The molecule has 0 spiro atoms. The maximum Gasteiger partial charge on any atom is 0.273 e. The van der Waals surface area contributed by atoms with Crippen LogP contribution in [0.3, 0.4) is 0 Å². The summed E-state index contributed by atoms with van der Waals surface area (Å²) in [5.41, 5.74) is 8.06. The summed E-state index contributed by atoms with van der Waals surface area (Å²) < 4.78 is 10.6. The minimum absolute atomic E-state index is 0.228. The van der Waals surface area contributed by atoms with Crippen molar-refractivity contribution in [1.29, 1.82) is 0 Å². The van der Waals surface area contributed by atoms with Crippen LogP contribution in [0, 0.1) is 13.8 Å². The third kappa shape index (κ3) is 7.47. The fourth-order valence-electron chi connectivity index (χ4n) is 3.48. The number of hydrazone groups is 2. The third-order valence-electron chi connectivity index (χ3n) is 5.38. The maximum absolute atomic E-state index is 12.7. The van der Waals surface area contributed by atoms with Gasteiger partial charge < -0.3 is 9.47 Å². The van der Waals surface area contributed by atoms with E-state index in [-0.39, 0.29) is 11.1 Å². The first-order valence-corrected chi connectivity index (χ1v) is 11.7. The zero-order chi connectivity index (χ0) is 27.3. The molecule has 0 saturated heterocycles. The second kappa shape index (κ2) is 13.9. The number of pyridine rings is 1. The van der Waals surface area contributed by atoms with Crippen LogP contribution < -0.4 is 20.3 Å². The largest absolute Gasteiger partial charge is 0.496 e. The average molecular weight is 512 g/mol. The smallest absolute Gasteiger partial charge is 0.273 e. The molecule has 0 unspecified atom stereocenters. The van der Waals surface area contributed by atoms with Gasteiger partial charge in [0, 0.05) is 23.6 Å². The number of methoxy groups -OCH3 is 2. The van der Waals surface area contributed by atoms with Crippen LogP contribution in [-0.2, 0) is 0 Å². The summed E-state index contributed by atoms with van der Waals surface area (Å²) in [6.45, 7) is 3.38. The van der Waals surface area contributed by atoms with E-state index in [9.17, 15) is 9.59 Å². The monoisotopic (exact) mass is 511 g/mol. The molecule has 0 aliphatic rings. The van der Waals surface area contributed by atoms with Crippen LogP contribution in [0.15, 0.2) is 77.0 Å². The Bertz CT molecular complexity index is 1310. The quantitative estimate of drug-likeness (QED) is 0.306. The zero-order valence-corrected chi connectivity index (χ0v) is 21.6. The Balaban J connectivity index is 1.62. The molecule has 2 amide bonds. The van der Waals surface area contributed by atoms with E-state index < -0.39 is 11.8 Å². The van der Waals surface area contributed by atoms with Crippen LogP contribution in [0.1, 0.15) is 43.2 Å².